The van der Waals surface area contributed by atoms with Crippen molar-refractivity contribution in [3.8, 4) is 0 Å². The second-order valence-corrected chi connectivity index (χ2v) is 3.40. The van der Waals surface area contributed by atoms with Crippen molar-refractivity contribution in [1.29, 1.82) is 0 Å². The van der Waals surface area contributed by atoms with E-state index in [9.17, 15) is 0 Å². The number of hydrogen-bond acceptors (Lipinski definition) is 2. The van der Waals surface area contributed by atoms with Crippen LogP contribution in [0.1, 0.15) is 11.4 Å². The molecular formula is C10H10Cl2N2. The van der Waals surface area contributed by atoms with Crippen molar-refractivity contribution in [3.63, 3.8) is 0 Å². The second kappa shape index (κ2) is 5.13. The van der Waals surface area contributed by atoms with E-state index in [-0.39, 0.29) is 0 Å². The molecule has 1 rings (SSSR count). The van der Waals surface area contributed by atoms with Gasteiger partial charge in [0.1, 0.15) is 0 Å². The first kappa shape index (κ1) is 11.2. The van der Waals surface area contributed by atoms with Crippen LogP contribution in [0.5, 0.6) is 0 Å². The Balaban J connectivity index is 3.09. The summed E-state index contributed by atoms with van der Waals surface area (Å²) in [5.74, 6) is 0. The van der Waals surface area contributed by atoms with Crippen LogP contribution in [-0.2, 0) is 12.8 Å². The summed E-state index contributed by atoms with van der Waals surface area (Å²) in [4.78, 5) is 8.27. The Bertz CT molecular complexity index is 326. The smallest absolute Gasteiger partial charge is 0.151 e. The lowest BCUT2D eigenvalue weighted by Crippen LogP contribution is -1.99. The van der Waals surface area contributed by atoms with Crippen LogP contribution in [0.15, 0.2) is 25.3 Å². The zero-order chi connectivity index (χ0) is 10.6. The lowest BCUT2D eigenvalue weighted by atomic mass is 10.3. The Hall–Kier alpha value is -0.860. The summed E-state index contributed by atoms with van der Waals surface area (Å²) in [5, 5.41) is 0.761. The molecule has 1 aromatic rings. The molecule has 0 aliphatic carbocycles. The number of rotatable bonds is 4. The van der Waals surface area contributed by atoms with Gasteiger partial charge in [0.15, 0.2) is 10.3 Å². The van der Waals surface area contributed by atoms with E-state index in [1.54, 1.807) is 12.2 Å². The molecule has 0 unspecified atom stereocenters. The molecule has 0 atom stereocenters. The number of nitrogens with zero attached hydrogens (tertiary/aromatic N) is 2. The van der Waals surface area contributed by atoms with Gasteiger partial charge in [0.05, 0.1) is 11.4 Å². The molecule has 0 aliphatic rings. The van der Waals surface area contributed by atoms with Gasteiger partial charge in [-0.3, -0.25) is 0 Å². The molecule has 1 heterocycles. The van der Waals surface area contributed by atoms with Crippen LogP contribution in [0.2, 0.25) is 10.3 Å². The molecule has 0 saturated carbocycles. The highest BCUT2D eigenvalue weighted by atomic mass is 35.5. The Labute approximate surface area is 93.3 Å². The molecule has 0 spiro atoms. The molecule has 74 valence electrons. The summed E-state index contributed by atoms with van der Waals surface area (Å²) in [6, 6.07) is 0. The van der Waals surface area contributed by atoms with Gasteiger partial charge in [-0.1, -0.05) is 35.4 Å². The van der Waals surface area contributed by atoms with Crippen molar-refractivity contribution in [2.75, 3.05) is 0 Å². The predicted molar refractivity (Wildman–Crippen MR) is 59.9 cm³/mol. The minimum Gasteiger partial charge on any atom is -0.236 e. The fourth-order valence-corrected chi connectivity index (χ4v) is 1.43. The molecule has 0 aromatic carbocycles. The normalized spacial score (nSPS) is 9.86. The average molecular weight is 229 g/mol. The van der Waals surface area contributed by atoms with Gasteiger partial charge in [-0.25, -0.2) is 9.97 Å². The molecular weight excluding hydrogens is 219 g/mol. The van der Waals surface area contributed by atoms with Gasteiger partial charge in [0, 0.05) is 12.8 Å². The third-order valence-electron chi connectivity index (χ3n) is 1.62. The van der Waals surface area contributed by atoms with E-state index < -0.39 is 0 Å². The molecule has 0 bridgehead atoms. The van der Waals surface area contributed by atoms with Crippen molar-refractivity contribution >= 4 is 23.2 Å². The average Bonchev–Trinajstić information content (AvgIpc) is 2.14. The molecule has 0 fully saturated rings. The van der Waals surface area contributed by atoms with Gasteiger partial charge in [-0.15, -0.1) is 13.2 Å². The molecule has 1 aromatic heterocycles. The molecule has 14 heavy (non-hydrogen) atoms. The molecule has 0 N–H and O–H groups in total. The maximum Gasteiger partial charge on any atom is 0.151 e. The van der Waals surface area contributed by atoms with Crippen molar-refractivity contribution in [1.82, 2.24) is 9.97 Å². The molecule has 0 amide bonds. The third kappa shape index (κ3) is 2.56. The van der Waals surface area contributed by atoms with E-state index in [1.165, 1.54) is 0 Å². The number of allylic oxidation sites excluding steroid dienone is 2. The predicted octanol–water partition coefficient (Wildman–Crippen LogP) is 3.24. The minimum absolute atomic E-state index is 0.381. The van der Waals surface area contributed by atoms with E-state index >= 15 is 0 Å². The zero-order valence-corrected chi connectivity index (χ0v) is 9.15. The van der Waals surface area contributed by atoms with Crippen LogP contribution in [0.4, 0.5) is 0 Å². The lowest BCUT2D eigenvalue weighted by molar-refractivity contribution is 0.992. The number of hydrogen-bond donors (Lipinski definition) is 0. The van der Waals surface area contributed by atoms with E-state index in [1.807, 2.05) is 0 Å². The summed E-state index contributed by atoms with van der Waals surface area (Å²) < 4.78 is 0. The highest BCUT2D eigenvalue weighted by molar-refractivity contribution is 6.32. The van der Waals surface area contributed by atoms with E-state index in [2.05, 4.69) is 23.1 Å². The summed E-state index contributed by atoms with van der Waals surface area (Å²) in [7, 11) is 0. The van der Waals surface area contributed by atoms with E-state index in [4.69, 9.17) is 23.2 Å². The van der Waals surface area contributed by atoms with Crippen LogP contribution in [-0.4, -0.2) is 9.97 Å². The third-order valence-corrected chi connectivity index (χ3v) is 2.22. The molecule has 0 saturated heterocycles. The SMILES string of the molecule is C=CCc1nc(Cl)c(CC=C)nc1Cl. The first-order valence-electron chi connectivity index (χ1n) is 4.11. The van der Waals surface area contributed by atoms with Crippen LogP contribution < -0.4 is 0 Å². The first-order chi connectivity index (χ1) is 6.69. The van der Waals surface area contributed by atoms with Gasteiger partial charge in [-0.2, -0.15) is 0 Å². The summed E-state index contributed by atoms with van der Waals surface area (Å²) in [6.45, 7) is 7.20. The Kier molecular flexibility index (Phi) is 4.11. The summed E-state index contributed by atoms with van der Waals surface area (Å²) >= 11 is 11.8. The monoisotopic (exact) mass is 228 g/mol. The van der Waals surface area contributed by atoms with E-state index in [0.717, 1.165) is 0 Å². The van der Waals surface area contributed by atoms with Crippen LogP contribution >= 0.6 is 23.2 Å². The highest BCUT2D eigenvalue weighted by Crippen LogP contribution is 2.19. The Morgan fingerprint density at radius 2 is 1.29 bits per heavy atom. The molecule has 0 radical (unpaired) electrons. The van der Waals surface area contributed by atoms with Gasteiger partial charge in [-0.05, 0) is 0 Å². The van der Waals surface area contributed by atoms with Crippen molar-refractivity contribution in [2.45, 2.75) is 12.8 Å². The highest BCUT2D eigenvalue weighted by Gasteiger charge is 2.08. The largest absolute Gasteiger partial charge is 0.236 e. The molecule has 4 heteroatoms. The minimum atomic E-state index is 0.381. The van der Waals surface area contributed by atoms with Gasteiger partial charge < -0.3 is 0 Å². The Morgan fingerprint density at radius 1 is 0.929 bits per heavy atom. The van der Waals surface area contributed by atoms with Crippen LogP contribution in [0, 0.1) is 0 Å². The standard InChI is InChI=1S/C10H10Cl2N2/c1-3-5-7-9(11)14-8(6-4-2)10(12)13-7/h3-4H,1-2,5-6H2. The lowest BCUT2D eigenvalue weighted by Gasteiger charge is -2.04. The fraction of sp³-hybridized carbons (Fsp3) is 0.200. The number of aromatic nitrogens is 2. The Morgan fingerprint density at radius 3 is 1.57 bits per heavy atom. The molecule has 0 aliphatic heterocycles. The van der Waals surface area contributed by atoms with E-state index in [0.29, 0.717) is 34.5 Å². The fourth-order valence-electron chi connectivity index (χ4n) is 0.991. The van der Waals surface area contributed by atoms with Crippen LogP contribution in [0.25, 0.3) is 0 Å². The maximum absolute atomic E-state index is 5.90. The first-order valence-corrected chi connectivity index (χ1v) is 4.87. The second-order valence-electron chi connectivity index (χ2n) is 2.68. The maximum atomic E-state index is 5.90. The van der Waals surface area contributed by atoms with Gasteiger partial charge in [0.25, 0.3) is 0 Å². The number of halogens is 2. The van der Waals surface area contributed by atoms with Gasteiger partial charge in [0.2, 0.25) is 0 Å². The summed E-state index contributed by atoms with van der Waals surface area (Å²) in [6.07, 6.45) is 4.55. The van der Waals surface area contributed by atoms with Crippen molar-refractivity contribution in [2.24, 2.45) is 0 Å². The topological polar surface area (TPSA) is 25.8 Å². The van der Waals surface area contributed by atoms with Crippen LogP contribution in [0.3, 0.4) is 0 Å². The van der Waals surface area contributed by atoms with Crippen molar-refractivity contribution in [3.05, 3.63) is 47.0 Å². The quantitative estimate of drug-likeness (QED) is 0.740. The summed E-state index contributed by atoms with van der Waals surface area (Å²) in [5.41, 5.74) is 1.30. The van der Waals surface area contributed by atoms with Crippen molar-refractivity contribution < 1.29 is 0 Å². The zero-order valence-electron chi connectivity index (χ0n) is 7.63. The molecule has 2 nitrogen and oxygen atoms in total. The van der Waals surface area contributed by atoms with Gasteiger partial charge >= 0.3 is 0 Å².